The zero-order valence-electron chi connectivity index (χ0n) is 33.5. The summed E-state index contributed by atoms with van der Waals surface area (Å²) in [4.78, 5) is 19.5. The van der Waals surface area contributed by atoms with E-state index in [1.807, 2.05) is 41.5 Å². The topological polar surface area (TPSA) is 179 Å². The molecule has 0 amide bonds. The van der Waals surface area contributed by atoms with Crippen molar-refractivity contribution in [3.63, 3.8) is 0 Å². The summed E-state index contributed by atoms with van der Waals surface area (Å²) in [5.41, 5.74) is -1.88. The molecule has 14 heteroatoms. The van der Waals surface area contributed by atoms with E-state index in [4.69, 9.17) is 33.3 Å². The van der Waals surface area contributed by atoms with Gasteiger partial charge in [-0.05, 0) is 67.9 Å². The first-order chi connectivity index (χ1) is 24.3. The van der Waals surface area contributed by atoms with Crippen LogP contribution in [0.25, 0.3) is 0 Å². The van der Waals surface area contributed by atoms with Gasteiger partial charge in [-0.25, -0.2) is 0 Å². The van der Waals surface area contributed by atoms with Gasteiger partial charge in [-0.3, -0.25) is 4.79 Å². The SMILES string of the molecule is C=CO/N=C1/C(C)CNC(C)C(CC)OC(=O)[C@H](C)C(O[C@H]2C[C@@](C)(OC)[C@@H](O)[C@H](C)O2)[C@H](C)[C@@H](O[C@@H]2O[C@H](C)C[C@H](NC)[C@H]2O)[C@@](C)(O)C[C@H]1C. The van der Waals surface area contributed by atoms with Crippen molar-refractivity contribution in [3.05, 3.63) is 12.8 Å². The molecule has 52 heavy (non-hydrogen) atoms. The standard InChI is InChI=1S/C38H69N3O11/c1-14-28-25(8)40-19-21(4)30(41-47-15-2)20(3)17-37(10,45)34(52-36-31(42)27(39-12)16-22(5)48-36)23(6)32(24(7)35(44)50-28)51-29-18-38(11,46-13)33(43)26(9)49-29/h15,20-29,31-34,36,39-40,42-43,45H,2,14,16-19H2,1,3-13H3/b41-30+/t20-,21?,22-,23+,24-,25?,26+,27+,28?,29+,31-,32?,33+,34-,36+,37+,38-/m1/s1. The van der Waals surface area contributed by atoms with Crippen LogP contribution in [0.15, 0.2) is 18.0 Å². The van der Waals surface area contributed by atoms with Gasteiger partial charge < -0.3 is 59.2 Å². The highest BCUT2D eigenvalue weighted by atomic mass is 16.7. The Morgan fingerprint density at radius 3 is 2.33 bits per heavy atom. The summed E-state index contributed by atoms with van der Waals surface area (Å²) in [5, 5.41) is 46.0. The Morgan fingerprint density at radius 1 is 1.06 bits per heavy atom. The van der Waals surface area contributed by atoms with Gasteiger partial charge in [-0.2, -0.15) is 0 Å². The van der Waals surface area contributed by atoms with Crippen molar-refractivity contribution in [2.24, 2.45) is 28.8 Å². The monoisotopic (exact) mass is 743 g/mol. The third-order valence-electron chi connectivity index (χ3n) is 11.5. The second-order valence-electron chi connectivity index (χ2n) is 15.9. The van der Waals surface area contributed by atoms with E-state index in [2.05, 4.69) is 22.4 Å². The van der Waals surface area contributed by atoms with Crippen LogP contribution in [0.1, 0.15) is 94.9 Å². The third kappa shape index (κ3) is 10.7. The van der Waals surface area contributed by atoms with Crippen molar-refractivity contribution in [1.82, 2.24) is 10.6 Å². The number of oxime groups is 1. The average Bonchev–Trinajstić information content (AvgIpc) is 3.09. The number of nitrogens with one attached hydrogen (secondary N) is 2. The summed E-state index contributed by atoms with van der Waals surface area (Å²) in [6.45, 7) is 22.8. The molecule has 302 valence electrons. The van der Waals surface area contributed by atoms with Crippen LogP contribution in [-0.2, 0) is 38.1 Å². The van der Waals surface area contributed by atoms with E-state index in [0.717, 1.165) is 0 Å². The first kappa shape index (κ1) is 44.7. The fraction of sp³-hybridized carbons (Fsp3) is 0.895. The second kappa shape index (κ2) is 19.2. The summed E-state index contributed by atoms with van der Waals surface area (Å²) in [7, 11) is 3.30. The van der Waals surface area contributed by atoms with Crippen LogP contribution in [0.3, 0.4) is 0 Å². The van der Waals surface area contributed by atoms with E-state index in [0.29, 0.717) is 25.1 Å². The third-order valence-corrected chi connectivity index (χ3v) is 11.5. The highest BCUT2D eigenvalue weighted by Crippen LogP contribution is 2.39. The van der Waals surface area contributed by atoms with Crippen LogP contribution in [-0.4, -0.2) is 126 Å². The number of esters is 1. The number of ether oxygens (including phenoxy) is 6. The highest BCUT2D eigenvalue weighted by Gasteiger charge is 2.51. The maximum atomic E-state index is 14.1. The van der Waals surface area contributed by atoms with Gasteiger partial charge in [0.25, 0.3) is 0 Å². The van der Waals surface area contributed by atoms with Crippen molar-refractivity contribution >= 4 is 11.7 Å². The van der Waals surface area contributed by atoms with Gasteiger partial charge in [0, 0.05) is 49.9 Å². The number of likely N-dealkylation sites (N-methyl/N-ethyl adjacent to an activating group) is 1. The number of hydrogen-bond acceptors (Lipinski definition) is 14. The molecule has 3 fully saturated rings. The van der Waals surface area contributed by atoms with E-state index in [-0.39, 0.29) is 42.9 Å². The number of aliphatic hydroxyl groups excluding tert-OH is 2. The summed E-state index contributed by atoms with van der Waals surface area (Å²) in [5.74, 6) is -2.50. The number of cyclic esters (lactones) is 1. The Kier molecular flexibility index (Phi) is 16.5. The number of rotatable bonds is 9. The molecule has 3 aliphatic heterocycles. The quantitative estimate of drug-likeness (QED) is 0.132. The number of hydrogen-bond donors (Lipinski definition) is 5. The Labute approximate surface area is 311 Å². The van der Waals surface area contributed by atoms with Crippen molar-refractivity contribution in [3.8, 4) is 0 Å². The van der Waals surface area contributed by atoms with Crippen LogP contribution < -0.4 is 10.6 Å². The first-order valence-electron chi connectivity index (χ1n) is 19.0. The minimum Gasteiger partial charge on any atom is -0.460 e. The lowest BCUT2D eigenvalue weighted by molar-refractivity contribution is -0.315. The predicted molar refractivity (Wildman–Crippen MR) is 196 cm³/mol. The molecule has 0 aromatic carbocycles. The van der Waals surface area contributed by atoms with Gasteiger partial charge in [-0.15, -0.1) is 0 Å². The number of methoxy groups -OCH3 is 1. The van der Waals surface area contributed by atoms with E-state index < -0.39 is 78.2 Å². The molecule has 0 aliphatic carbocycles. The van der Waals surface area contributed by atoms with Crippen LogP contribution in [0.2, 0.25) is 0 Å². The van der Waals surface area contributed by atoms with Crippen molar-refractivity contribution in [2.75, 3.05) is 20.7 Å². The van der Waals surface area contributed by atoms with E-state index in [1.54, 1.807) is 34.7 Å². The van der Waals surface area contributed by atoms with E-state index in [9.17, 15) is 20.1 Å². The smallest absolute Gasteiger partial charge is 0.311 e. The van der Waals surface area contributed by atoms with Crippen molar-refractivity contribution in [2.45, 2.75) is 174 Å². The van der Waals surface area contributed by atoms with Crippen LogP contribution >= 0.6 is 0 Å². The van der Waals surface area contributed by atoms with Gasteiger partial charge in [0.2, 0.25) is 0 Å². The lowest BCUT2D eigenvalue weighted by Crippen LogP contribution is -2.60. The summed E-state index contributed by atoms with van der Waals surface area (Å²) in [6.07, 6.45) is -4.58. The van der Waals surface area contributed by atoms with Crippen LogP contribution in [0, 0.1) is 23.7 Å². The minimum absolute atomic E-state index is 0.130. The number of nitrogens with zero attached hydrogens (tertiary/aromatic N) is 1. The first-order valence-corrected chi connectivity index (χ1v) is 19.0. The molecule has 0 aromatic heterocycles. The lowest BCUT2D eigenvalue weighted by Gasteiger charge is -2.48. The van der Waals surface area contributed by atoms with Gasteiger partial charge in [-0.1, -0.05) is 39.4 Å². The molecule has 0 bridgehead atoms. The normalized spacial score (nSPS) is 46.9. The Hall–Kier alpha value is -1.72. The molecule has 4 unspecified atom stereocenters. The molecule has 0 spiro atoms. The molecular weight excluding hydrogens is 674 g/mol. The molecule has 17 atom stereocenters. The number of carbonyl (C=O) groups excluding carboxylic acids is 1. The molecule has 5 N–H and O–H groups in total. The van der Waals surface area contributed by atoms with Gasteiger partial charge in [0.1, 0.15) is 24.6 Å². The number of aliphatic hydroxyl groups is 3. The molecular formula is C38H69N3O11. The minimum atomic E-state index is -1.59. The zero-order valence-corrected chi connectivity index (χ0v) is 33.5. The van der Waals surface area contributed by atoms with E-state index >= 15 is 0 Å². The zero-order chi connectivity index (χ0) is 39.1. The molecule has 3 rings (SSSR count). The summed E-state index contributed by atoms with van der Waals surface area (Å²) < 4.78 is 37.7. The fourth-order valence-electron chi connectivity index (χ4n) is 8.21. The molecule has 0 aromatic rings. The number of carbonyl (C=O) groups is 1. The van der Waals surface area contributed by atoms with Gasteiger partial charge in [0.15, 0.2) is 12.6 Å². The molecule has 0 radical (unpaired) electrons. The predicted octanol–water partition coefficient (Wildman–Crippen LogP) is 3.26. The molecule has 3 heterocycles. The van der Waals surface area contributed by atoms with Crippen molar-refractivity contribution in [1.29, 1.82) is 0 Å². The van der Waals surface area contributed by atoms with E-state index in [1.165, 1.54) is 13.4 Å². The Balaban J connectivity index is 2.18. The second-order valence-corrected chi connectivity index (χ2v) is 15.9. The maximum Gasteiger partial charge on any atom is 0.311 e. The molecule has 0 saturated carbocycles. The van der Waals surface area contributed by atoms with Crippen molar-refractivity contribution < 1.29 is 53.4 Å². The largest absolute Gasteiger partial charge is 0.460 e. The molecule has 14 nitrogen and oxygen atoms in total. The summed E-state index contributed by atoms with van der Waals surface area (Å²) >= 11 is 0. The molecule has 3 aliphatic rings. The Bertz CT molecular complexity index is 1180. The highest BCUT2D eigenvalue weighted by molar-refractivity contribution is 5.88. The Morgan fingerprint density at radius 2 is 1.73 bits per heavy atom. The van der Waals surface area contributed by atoms with Gasteiger partial charge >= 0.3 is 5.97 Å². The molecule has 3 saturated heterocycles. The van der Waals surface area contributed by atoms with Crippen LogP contribution in [0.5, 0.6) is 0 Å². The maximum absolute atomic E-state index is 14.1. The van der Waals surface area contributed by atoms with Crippen LogP contribution in [0.4, 0.5) is 0 Å². The van der Waals surface area contributed by atoms with Gasteiger partial charge in [0.05, 0.1) is 47.2 Å². The average molecular weight is 744 g/mol. The fourth-order valence-corrected chi connectivity index (χ4v) is 8.21. The lowest BCUT2D eigenvalue weighted by atomic mass is 9.76. The summed E-state index contributed by atoms with van der Waals surface area (Å²) in [6, 6.07) is -0.512.